The normalized spacial score (nSPS) is 12.1. The standard InChI is InChI=1S/C33H41FN4O2/c1-5-37(6-2)21-23-39-35-32-29-15-11-9-13-27(29)28-14-10-12-16-30(28)33(36-40-24-22-38(7-3)8-4)31(32)25-17-19-26(34)20-18-25/h9-20,35H,5-8,21-24H2,1-4H3. The molecular formula is C33H41FN4O2. The second-order valence-electron chi connectivity index (χ2n) is 9.63. The lowest BCUT2D eigenvalue weighted by Crippen LogP contribution is -2.27. The smallest absolute Gasteiger partial charge is 0.129 e. The highest BCUT2D eigenvalue weighted by Crippen LogP contribution is 2.35. The SMILES string of the molecule is CCN(CC)CCON=c1c(-c2ccc(F)cc2)c(NOCCN(CC)CC)c2ccccc2c2ccccc12. The lowest BCUT2D eigenvalue weighted by Gasteiger charge is -2.19. The predicted molar refractivity (Wildman–Crippen MR) is 164 cm³/mol. The largest absolute Gasteiger partial charge is 0.394 e. The van der Waals surface area contributed by atoms with E-state index in [9.17, 15) is 4.39 Å². The molecule has 0 spiro atoms. The molecule has 0 aliphatic heterocycles. The maximum absolute atomic E-state index is 14.1. The van der Waals surface area contributed by atoms with Gasteiger partial charge in [0.2, 0.25) is 0 Å². The first kappa shape index (κ1) is 29.5. The van der Waals surface area contributed by atoms with E-state index in [4.69, 9.17) is 14.8 Å². The summed E-state index contributed by atoms with van der Waals surface area (Å²) in [6, 6.07) is 23.0. The predicted octanol–water partition coefficient (Wildman–Crippen LogP) is 6.66. The summed E-state index contributed by atoms with van der Waals surface area (Å²) in [5.41, 5.74) is 5.67. The van der Waals surface area contributed by atoms with E-state index in [1.807, 2.05) is 24.3 Å². The molecule has 0 bridgehead atoms. The van der Waals surface area contributed by atoms with E-state index in [-0.39, 0.29) is 5.82 Å². The molecule has 0 aliphatic carbocycles. The number of anilines is 1. The molecule has 40 heavy (non-hydrogen) atoms. The van der Waals surface area contributed by atoms with Gasteiger partial charge < -0.3 is 14.6 Å². The quantitative estimate of drug-likeness (QED) is 0.142. The highest BCUT2D eigenvalue weighted by atomic mass is 19.1. The van der Waals surface area contributed by atoms with Crippen molar-refractivity contribution in [2.24, 2.45) is 5.16 Å². The third kappa shape index (κ3) is 6.97. The third-order valence-corrected chi connectivity index (χ3v) is 7.42. The summed E-state index contributed by atoms with van der Waals surface area (Å²) in [7, 11) is 0. The Morgan fingerprint density at radius 1 is 0.675 bits per heavy atom. The fourth-order valence-electron chi connectivity index (χ4n) is 5.00. The van der Waals surface area contributed by atoms with Gasteiger partial charge in [-0.3, -0.25) is 10.3 Å². The van der Waals surface area contributed by atoms with Crippen LogP contribution in [-0.4, -0.2) is 62.3 Å². The minimum absolute atomic E-state index is 0.294. The molecular weight excluding hydrogens is 503 g/mol. The van der Waals surface area contributed by atoms with Crippen LogP contribution in [0.1, 0.15) is 27.7 Å². The van der Waals surface area contributed by atoms with Crippen molar-refractivity contribution in [2.75, 3.05) is 58.0 Å². The van der Waals surface area contributed by atoms with Crippen LogP contribution in [0.25, 0.3) is 32.7 Å². The minimum Gasteiger partial charge on any atom is -0.394 e. The van der Waals surface area contributed by atoms with Crippen molar-refractivity contribution >= 4 is 27.2 Å². The summed E-state index contributed by atoms with van der Waals surface area (Å²) in [6.07, 6.45) is 0. The van der Waals surface area contributed by atoms with Gasteiger partial charge in [-0.2, -0.15) is 0 Å². The summed E-state index contributed by atoms with van der Waals surface area (Å²) < 4.78 is 14.1. The van der Waals surface area contributed by atoms with Crippen molar-refractivity contribution in [3.63, 3.8) is 0 Å². The van der Waals surface area contributed by atoms with Crippen molar-refractivity contribution in [1.29, 1.82) is 0 Å². The van der Waals surface area contributed by atoms with Crippen LogP contribution in [0.4, 0.5) is 10.1 Å². The maximum atomic E-state index is 14.1. The van der Waals surface area contributed by atoms with Gasteiger partial charge in [-0.05, 0) is 54.6 Å². The number of likely N-dealkylation sites (N-methyl/N-ethyl adjacent to an activating group) is 2. The van der Waals surface area contributed by atoms with Crippen molar-refractivity contribution in [3.8, 4) is 11.1 Å². The Labute approximate surface area is 237 Å². The summed E-state index contributed by atoms with van der Waals surface area (Å²) in [4.78, 5) is 16.7. The van der Waals surface area contributed by atoms with E-state index >= 15 is 0 Å². The number of hydrogen-bond acceptors (Lipinski definition) is 6. The first-order chi connectivity index (χ1) is 19.6. The first-order valence-electron chi connectivity index (χ1n) is 14.3. The molecule has 0 amide bonds. The molecule has 7 heteroatoms. The van der Waals surface area contributed by atoms with E-state index < -0.39 is 0 Å². The van der Waals surface area contributed by atoms with Crippen LogP contribution < -0.4 is 10.8 Å². The molecule has 4 aromatic rings. The van der Waals surface area contributed by atoms with Crippen molar-refractivity contribution in [1.82, 2.24) is 9.80 Å². The van der Waals surface area contributed by atoms with E-state index in [0.29, 0.717) is 18.6 Å². The van der Waals surface area contributed by atoms with Gasteiger partial charge in [0, 0.05) is 29.4 Å². The molecule has 1 N–H and O–H groups in total. The molecule has 0 radical (unpaired) electrons. The molecule has 0 unspecified atom stereocenters. The van der Waals surface area contributed by atoms with Crippen LogP contribution in [0.15, 0.2) is 78.0 Å². The first-order valence-corrected chi connectivity index (χ1v) is 14.3. The molecule has 0 atom stereocenters. The Kier molecular flexibility index (Phi) is 10.9. The molecule has 0 heterocycles. The second kappa shape index (κ2) is 14.7. The Hall–Kier alpha value is -3.52. The van der Waals surface area contributed by atoms with E-state index in [1.54, 1.807) is 12.1 Å². The van der Waals surface area contributed by atoms with Gasteiger partial charge in [-0.1, -0.05) is 93.5 Å². The molecule has 0 aromatic heterocycles. The van der Waals surface area contributed by atoms with Crippen LogP contribution >= 0.6 is 0 Å². The number of hydrogen-bond donors (Lipinski definition) is 1. The van der Waals surface area contributed by atoms with Crippen LogP contribution in [0.3, 0.4) is 0 Å². The highest BCUT2D eigenvalue weighted by molar-refractivity contribution is 6.13. The summed E-state index contributed by atoms with van der Waals surface area (Å²) in [5, 5.41) is 9.45. The molecule has 0 saturated carbocycles. The van der Waals surface area contributed by atoms with Gasteiger partial charge in [-0.25, -0.2) is 4.39 Å². The zero-order valence-corrected chi connectivity index (χ0v) is 24.1. The molecule has 4 rings (SSSR count). The monoisotopic (exact) mass is 544 g/mol. The number of halogens is 1. The lowest BCUT2D eigenvalue weighted by molar-refractivity contribution is 0.106. The van der Waals surface area contributed by atoms with Gasteiger partial charge in [0.05, 0.1) is 12.3 Å². The summed E-state index contributed by atoms with van der Waals surface area (Å²) >= 11 is 0. The Bertz CT molecular complexity index is 1450. The Balaban J connectivity index is 1.94. The average Bonchev–Trinajstić information content (AvgIpc) is 3.11. The molecule has 0 fully saturated rings. The summed E-state index contributed by atoms with van der Waals surface area (Å²) in [6.45, 7) is 14.9. The maximum Gasteiger partial charge on any atom is 0.129 e. The average molecular weight is 545 g/mol. The van der Waals surface area contributed by atoms with Crippen LogP contribution in [0, 0.1) is 5.82 Å². The molecule has 4 aromatic carbocycles. The van der Waals surface area contributed by atoms with Crippen LogP contribution in [0.5, 0.6) is 0 Å². The Morgan fingerprint density at radius 2 is 1.20 bits per heavy atom. The van der Waals surface area contributed by atoms with Gasteiger partial charge >= 0.3 is 0 Å². The zero-order valence-electron chi connectivity index (χ0n) is 24.1. The zero-order chi connectivity index (χ0) is 28.3. The molecule has 212 valence electrons. The second-order valence-corrected chi connectivity index (χ2v) is 9.63. The number of nitrogens with one attached hydrogen (secondary N) is 1. The van der Waals surface area contributed by atoms with Crippen LogP contribution in [0.2, 0.25) is 0 Å². The van der Waals surface area contributed by atoms with E-state index in [1.165, 1.54) is 12.1 Å². The number of benzene rings is 3. The molecule has 0 saturated heterocycles. The van der Waals surface area contributed by atoms with E-state index in [0.717, 1.165) is 77.6 Å². The Morgan fingerprint density at radius 3 is 1.80 bits per heavy atom. The fraction of sp³-hybridized carbons (Fsp3) is 0.364. The van der Waals surface area contributed by atoms with Crippen molar-refractivity contribution < 1.29 is 14.1 Å². The summed E-state index contributed by atoms with van der Waals surface area (Å²) in [5.74, 6) is -0.294. The lowest BCUT2D eigenvalue weighted by atomic mass is 10.0. The number of nitrogens with zero attached hydrogens (tertiary/aromatic N) is 3. The minimum atomic E-state index is -0.294. The van der Waals surface area contributed by atoms with Crippen molar-refractivity contribution in [3.05, 3.63) is 84.0 Å². The van der Waals surface area contributed by atoms with Gasteiger partial charge in [-0.15, -0.1) is 0 Å². The van der Waals surface area contributed by atoms with Gasteiger partial charge in [0.1, 0.15) is 17.8 Å². The number of fused-ring (bicyclic) bond motifs is 3. The topological polar surface area (TPSA) is 49.3 Å². The van der Waals surface area contributed by atoms with Crippen molar-refractivity contribution in [2.45, 2.75) is 27.7 Å². The van der Waals surface area contributed by atoms with E-state index in [2.05, 4.69) is 67.2 Å². The highest BCUT2D eigenvalue weighted by Gasteiger charge is 2.16. The fourth-order valence-corrected chi connectivity index (χ4v) is 5.00. The van der Waals surface area contributed by atoms with Gasteiger partial charge in [0.15, 0.2) is 0 Å². The van der Waals surface area contributed by atoms with Crippen LogP contribution in [-0.2, 0) is 9.68 Å². The third-order valence-electron chi connectivity index (χ3n) is 7.42. The molecule has 6 nitrogen and oxygen atoms in total. The molecule has 0 aliphatic rings. The van der Waals surface area contributed by atoms with Gasteiger partial charge in [0.25, 0.3) is 0 Å². The number of rotatable bonds is 14.